The van der Waals surface area contributed by atoms with Crippen molar-refractivity contribution in [2.24, 2.45) is 11.7 Å². The number of benzene rings is 1. The molecule has 0 aliphatic heterocycles. The van der Waals surface area contributed by atoms with Crippen molar-refractivity contribution in [2.75, 3.05) is 0 Å². The maximum Gasteiger partial charge on any atom is 0.220 e. The summed E-state index contributed by atoms with van der Waals surface area (Å²) < 4.78 is 0. The van der Waals surface area contributed by atoms with E-state index in [4.69, 9.17) is 17.3 Å². The molecular weight excluding hydrogens is 236 g/mol. The molecule has 1 fully saturated rings. The fraction of sp³-hybridized carbons (Fsp3) is 0.462. The van der Waals surface area contributed by atoms with Gasteiger partial charge in [0.1, 0.15) is 0 Å². The Bertz CT molecular complexity index is 391. The van der Waals surface area contributed by atoms with Crippen molar-refractivity contribution in [3.63, 3.8) is 0 Å². The van der Waals surface area contributed by atoms with Crippen LogP contribution in [-0.4, -0.2) is 11.9 Å². The Hall–Kier alpha value is -1.06. The highest BCUT2D eigenvalue weighted by Crippen LogP contribution is 2.25. The summed E-state index contributed by atoms with van der Waals surface area (Å²) in [5, 5.41) is 4.20. The molecule has 1 aromatic carbocycles. The second kappa shape index (κ2) is 5.52. The standard InChI is InChI=1S/C13H17ClN2O/c14-11-4-1-9(2-5-11)8-16-12-6-3-10(7-12)13(15)17/h1-2,4-5,10,12,16H,3,6-8H2,(H2,15,17). The minimum absolute atomic E-state index is 0.0534. The predicted octanol–water partition coefficient (Wildman–Crippen LogP) is 2.08. The van der Waals surface area contributed by atoms with Crippen molar-refractivity contribution in [3.05, 3.63) is 34.9 Å². The monoisotopic (exact) mass is 252 g/mol. The second-order valence-corrected chi connectivity index (χ2v) is 5.05. The third-order valence-corrected chi connectivity index (χ3v) is 3.60. The van der Waals surface area contributed by atoms with E-state index >= 15 is 0 Å². The summed E-state index contributed by atoms with van der Waals surface area (Å²) in [7, 11) is 0. The van der Waals surface area contributed by atoms with E-state index in [-0.39, 0.29) is 11.8 Å². The number of halogens is 1. The van der Waals surface area contributed by atoms with Crippen LogP contribution in [0, 0.1) is 5.92 Å². The van der Waals surface area contributed by atoms with Crippen LogP contribution < -0.4 is 11.1 Å². The normalized spacial score (nSPS) is 23.8. The van der Waals surface area contributed by atoms with Gasteiger partial charge in [-0.2, -0.15) is 0 Å². The minimum Gasteiger partial charge on any atom is -0.369 e. The molecule has 0 spiro atoms. The molecule has 1 aliphatic carbocycles. The van der Waals surface area contributed by atoms with Gasteiger partial charge in [-0.05, 0) is 37.0 Å². The van der Waals surface area contributed by atoms with E-state index in [1.807, 2.05) is 24.3 Å². The van der Waals surface area contributed by atoms with E-state index in [1.165, 1.54) is 5.56 Å². The lowest BCUT2D eigenvalue weighted by Crippen LogP contribution is -2.28. The first-order chi connectivity index (χ1) is 8.15. The molecule has 1 aromatic rings. The van der Waals surface area contributed by atoms with Gasteiger partial charge in [0.15, 0.2) is 0 Å². The largest absolute Gasteiger partial charge is 0.369 e. The van der Waals surface area contributed by atoms with E-state index in [9.17, 15) is 4.79 Å². The van der Waals surface area contributed by atoms with Gasteiger partial charge in [-0.1, -0.05) is 23.7 Å². The van der Waals surface area contributed by atoms with Crippen LogP contribution in [-0.2, 0) is 11.3 Å². The first-order valence-electron chi connectivity index (χ1n) is 5.92. The maximum atomic E-state index is 11.0. The third-order valence-electron chi connectivity index (χ3n) is 3.34. The molecular formula is C13H17ClN2O. The molecule has 0 bridgehead atoms. The summed E-state index contributed by atoms with van der Waals surface area (Å²) in [4.78, 5) is 11.0. The molecule has 3 N–H and O–H groups in total. The molecule has 0 radical (unpaired) electrons. The lowest BCUT2D eigenvalue weighted by Gasteiger charge is -2.12. The van der Waals surface area contributed by atoms with E-state index in [1.54, 1.807) is 0 Å². The van der Waals surface area contributed by atoms with Crippen LogP contribution in [0.15, 0.2) is 24.3 Å². The molecule has 17 heavy (non-hydrogen) atoms. The van der Waals surface area contributed by atoms with Crippen molar-refractivity contribution < 1.29 is 4.79 Å². The first-order valence-corrected chi connectivity index (χ1v) is 6.30. The molecule has 92 valence electrons. The van der Waals surface area contributed by atoms with Crippen molar-refractivity contribution in [1.29, 1.82) is 0 Å². The van der Waals surface area contributed by atoms with Crippen LogP contribution in [0.5, 0.6) is 0 Å². The van der Waals surface area contributed by atoms with Gasteiger partial charge in [-0.25, -0.2) is 0 Å². The molecule has 2 unspecified atom stereocenters. The Morgan fingerprint density at radius 2 is 2.06 bits per heavy atom. The zero-order chi connectivity index (χ0) is 12.3. The number of hydrogen-bond acceptors (Lipinski definition) is 2. The van der Waals surface area contributed by atoms with Gasteiger partial charge in [-0.3, -0.25) is 4.79 Å². The average molecular weight is 253 g/mol. The highest BCUT2D eigenvalue weighted by atomic mass is 35.5. The Balaban J connectivity index is 1.80. The molecule has 2 atom stereocenters. The van der Waals surface area contributed by atoms with E-state index in [0.717, 1.165) is 30.8 Å². The second-order valence-electron chi connectivity index (χ2n) is 4.62. The molecule has 0 aromatic heterocycles. The Labute approximate surface area is 106 Å². The summed E-state index contributed by atoms with van der Waals surface area (Å²) in [5.41, 5.74) is 6.51. The number of nitrogens with one attached hydrogen (secondary N) is 1. The van der Waals surface area contributed by atoms with E-state index in [0.29, 0.717) is 6.04 Å². The van der Waals surface area contributed by atoms with E-state index < -0.39 is 0 Å². The zero-order valence-electron chi connectivity index (χ0n) is 9.66. The van der Waals surface area contributed by atoms with Crippen LogP contribution in [0.1, 0.15) is 24.8 Å². The topological polar surface area (TPSA) is 55.1 Å². The number of carbonyl (C=O) groups is 1. The van der Waals surface area contributed by atoms with Crippen LogP contribution in [0.2, 0.25) is 5.02 Å². The lowest BCUT2D eigenvalue weighted by molar-refractivity contribution is -0.121. The smallest absolute Gasteiger partial charge is 0.220 e. The highest BCUT2D eigenvalue weighted by Gasteiger charge is 2.27. The first kappa shape index (κ1) is 12.4. The summed E-state index contributed by atoms with van der Waals surface area (Å²) >= 11 is 5.82. The molecule has 0 heterocycles. The molecule has 1 saturated carbocycles. The molecule has 2 rings (SSSR count). The summed E-state index contributed by atoms with van der Waals surface area (Å²) in [6, 6.07) is 8.20. The van der Waals surface area contributed by atoms with Gasteiger partial charge in [0.05, 0.1) is 0 Å². The fourth-order valence-corrected chi connectivity index (χ4v) is 2.42. The summed E-state index contributed by atoms with van der Waals surface area (Å²) in [5.74, 6) is -0.112. The van der Waals surface area contributed by atoms with Crippen LogP contribution in [0.25, 0.3) is 0 Å². The van der Waals surface area contributed by atoms with Gasteiger partial charge < -0.3 is 11.1 Å². The van der Waals surface area contributed by atoms with Gasteiger partial charge in [0, 0.05) is 23.5 Å². The number of hydrogen-bond donors (Lipinski definition) is 2. The van der Waals surface area contributed by atoms with Crippen molar-refractivity contribution in [1.82, 2.24) is 5.32 Å². The number of rotatable bonds is 4. The average Bonchev–Trinajstić information content (AvgIpc) is 2.77. The number of nitrogens with two attached hydrogens (primary N) is 1. The predicted molar refractivity (Wildman–Crippen MR) is 68.6 cm³/mol. The molecule has 3 nitrogen and oxygen atoms in total. The van der Waals surface area contributed by atoms with E-state index in [2.05, 4.69) is 5.32 Å². The van der Waals surface area contributed by atoms with Crippen molar-refractivity contribution >= 4 is 17.5 Å². The molecule has 4 heteroatoms. The maximum absolute atomic E-state index is 11.0. The SMILES string of the molecule is NC(=O)C1CCC(NCc2ccc(Cl)cc2)C1. The van der Waals surface area contributed by atoms with Crippen LogP contribution in [0.4, 0.5) is 0 Å². The summed E-state index contributed by atoms with van der Waals surface area (Å²) in [6.45, 7) is 0.813. The zero-order valence-corrected chi connectivity index (χ0v) is 10.4. The van der Waals surface area contributed by atoms with Gasteiger partial charge in [0.2, 0.25) is 5.91 Å². The fourth-order valence-electron chi connectivity index (χ4n) is 2.29. The van der Waals surface area contributed by atoms with Crippen LogP contribution in [0.3, 0.4) is 0 Å². The van der Waals surface area contributed by atoms with Crippen LogP contribution >= 0.6 is 11.6 Å². The highest BCUT2D eigenvalue weighted by molar-refractivity contribution is 6.30. The summed E-state index contributed by atoms with van der Waals surface area (Å²) in [6.07, 6.45) is 2.80. The Kier molecular flexibility index (Phi) is 4.02. The minimum atomic E-state index is -0.166. The number of primary amides is 1. The van der Waals surface area contributed by atoms with Crippen molar-refractivity contribution in [2.45, 2.75) is 31.8 Å². The lowest BCUT2D eigenvalue weighted by atomic mass is 10.1. The number of amides is 1. The third kappa shape index (κ3) is 3.45. The van der Waals surface area contributed by atoms with Crippen molar-refractivity contribution in [3.8, 4) is 0 Å². The Morgan fingerprint density at radius 1 is 1.35 bits per heavy atom. The van der Waals surface area contributed by atoms with Gasteiger partial charge in [0.25, 0.3) is 0 Å². The Morgan fingerprint density at radius 3 is 2.65 bits per heavy atom. The van der Waals surface area contributed by atoms with Gasteiger partial charge >= 0.3 is 0 Å². The molecule has 1 aliphatic rings. The molecule has 1 amide bonds. The number of carbonyl (C=O) groups excluding carboxylic acids is 1. The van der Waals surface area contributed by atoms with Gasteiger partial charge in [-0.15, -0.1) is 0 Å². The molecule has 0 saturated heterocycles. The quantitative estimate of drug-likeness (QED) is 0.862.